The molecule has 0 bridgehead atoms. The van der Waals surface area contributed by atoms with E-state index in [1.54, 1.807) is 0 Å². The number of ether oxygens (including phenoxy) is 1. The predicted octanol–water partition coefficient (Wildman–Crippen LogP) is 3.00. The molecule has 112 valence electrons. The van der Waals surface area contributed by atoms with Crippen LogP contribution in [0.3, 0.4) is 0 Å². The molecule has 3 N–H and O–H groups in total. The van der Waals surface area contributed by atoms with Crippen molar-refractivity contribution < 1.29 is 4.74 Å². The van der Waals surface area contributed by atoms with E-state index in [-0.39, 0.29) is 5.41 Å². The molecular formula is C17H28N2O. The number of benzene rings is 1. The summed E-state index contributed by atoms with van der Waals surface area (Å²) in [6.07, 6.45) is 4.39. The first kappa shape index (κ1) is 15.5. The molecule has 1 aliphatic rings. The SMILES string of the molecule is CCC(C)CC(NN)C1(c2ccccc2)CCOCC1. The third kappa shape index (κ3) is 3.22. The fraction of sp³-hybridized carbons (Fsp3) is 0.647. The molecule has 0 spiro atoms. The molecule has 0 aliphatic carbocycles. The van der Waals surface area contributed by atoms with Crippen molar-refractivity contribution in [3.8, 4) is 0 Å². The molecule has 2 rings (SSSR count). The maximum absolute atomic E-state index is 5.94. The van der Waals surface area contributed by atoms with Crippen LogP contribution in [0.25, 0.3) is 0 Å². The Morgan fingerprint density at radius 1 is 1.25 bits per heavy atom. The number of nitrogens with one attached hydrogen (secondary N) is 1. The normalized spacial score (nSPS) is 21.4. The third-order valence-electron chi connectivity index (χ3n) is 4.94. The van der Waals surface area contributed by atoms with Crippen molar-refractivity contribution in [2.24, 2.45) is 11.8 Å². The molecular weight excluding hydrogens is 248 g/mol. The summed E-state index contributed by atoms with van der Waals surface area (Å²) in [5.74, 6) is 6.62. The number of rotatable bonds is 6. The monoisotopic (exact) mass is 276 g/mol. The quantitative estimate of drug-likeness (QED) is 0.620. The van der Waals surface area contributed by atoms with Crippen molar-refractivity contribution in [3.63, 3.8) is 0 Å². The predicted molar refractivity (Wildman–Crippen MR) is 83.4 cm³/mol. The minimum atomic E-state index is 0.109. The zero-order valence-electron chi connectivity index (χ0n) is 12.8. The van der Waals surface area contributed by atoms with Gasteiger partial charge in [-0.25, -0.2) is 0 Å². The van der Waals surface area contributed by atoms with Gasteiger partial charge >= 0.3 is 0 Å². The van der Waals surface area contributed by atoms with Crippen molar-refractivity contribution in [2.45, 2.75) is 51.0 Å². The largest absolute Gasteiger partial charge is 0.381 e. The Labute approximate surface area is 122 Å². The van der Waals surface area contributed by atoms with E-state index >= 15 is 0 Å². The van der Waals surface area contributed by atoms with Crippen molar-refractivity contribution in [1.82, 2.24) is 5.43 Å². The van der Waals surface area contributed by atoms with E-state index in [1.165, 1.54) is 12.0 Å². The van der Waals surface area contributed by atoms with Gasteiger partial charge in [0.25, 0.3) is 0 Å². The van der Waals surface area contributed by atoms with Gasteiger partial charge in [0.2, 0.25) is 0 Å². The van der Waals surface area contributed by atoms with Gasteiger partial charge in [-0.15, -0.1) is 0 Å². The Morgan fingerprint density at radius 3 is 2.45 bits per heavy atom. The number of hydrogen-bond acceptors (Lipinski definition) is 3. The summed E-state index contributed by atoms with van der Waals surface area (Å²) in [6.45, 7) is 6.21. The highest BCUT2D eigenvalue weighted by Crippen LogP contribution is 2.40. The summed E-state index contributed by atoms with van der Waals surface area (Å²) in [4.78, 5) is 0. The second-order valence-electron chi connectivity index (χ2n) is 6.10. The molecule has 3 heteroatoms. The second kappa shape index (κ2) is 7.21. The molecule has 2 unspecified atom stereocenters. The van der Waals surface area contributed by atoms with Crippen LogP contribution in [-0.2, 0) is 10.2 Å². The van der Waals surface area contributed by atoms with E-state index < -0.39 is 0 Å². The minimum Gasteiger partial charge on any atom is -0.381 e. The second-order valence-corrected chi connectivity index (χ2v) is 6.10. The van der Waals surface area contributed by atoms with Crippen LogP contribution in [0.1, 0.15) is 45.1 Å². The van der Waals surface area contributed by atoms with Gasteiger partial charge in [0.05, 0.1) is 0 Å². The highest BCUT2D eigenvalue weighted by Gasteiger charge is 2.41. The van der Waals surface area contributed by atoms with Crippen LogP contribution < -0.4 is 11.3 Å². The van der Waals surface area contributed by atoms with Gasteiger partial charge in [-0.3, -0.25) is 11.3 Å². The van der Waals surface area contributed by atoms with Crippen LogP contribution in [0.15, 0.2) is 30.3 Å². The Bertz CT molecular complexity index is 387. The van der Waals surface area contributed by atoms with Crippen molar-refractivity contribution in [3.05, 3.63) is 35.9 Å². The summed E-state index contributed by atoms with van der Waals surface area (Å²) < 4.78 is 5.60. The molecule has 0 saturated carbocycles. The van der Waals surface area contributed by atoms with Crippen LogP contribution >= 0.6 is 0 Å². The van der Waals surface area contributed by atoms with Gasteiger partial charge < -0.3 is 4.74 Å². The highest BCUT2D eigenvalue weighted by atomic mass is 16.5. The first-order valence-electron chi connectivity index (χ1n) is 7.82. The van der Waals surface area contributed by atoms with Gasteiger partial charge in [0.15, 0.2) is 0 Å². The van der Waals surface area contributed by atoms with Crippen molar-refractivity contribution >= 4 is 0 Å². The van der Waals surface area contributed by atoms with Crippen LogP contribution in [0.2, 0.25) is 0 Å². The molecule has 1 fully saturated rings. The minimum absolute atomic E-state index is 0.109. The zero-order chi connectivity index (χ0) is 14.4. The molecule has 0 radical (unpaired) electrons. The van der Waals surface area contributed by atoms with Gasteiger partial charge in [-0.1, -0.05) is 50.6 Å². The van der Waals surface area contributed by atoms with Gasteiger partial charge in [-0.05, 0) is 30.7 Å². The Morgan fingerprint density at radius 2 is 1.90 bits per heavy atom. The summed E-state index contributed by atoms with van der Waals surface area (Å²) in [5, 5.41) is 0. The first-order valence-corrected chi connectivity index (χ1v) is 7.82. The van der Waals surface area contributed by atoms with E-state index in [1.807, 2.05) is 0 Å². The molecule has 0 amide bonds. The van der Waals surface area contributed by atoms with Crippen LogP contribution in [0.5, 0.6) is 0 Å². The fourth-order valence-electron chi connectivity index (χ4n) is 3.37. The molecule has 3 nitrogen and oxygen atoms in total. The van der Waals surface area contributed by atoms with E-state index in [0.717, 1.165) is 32.5 Å². The Balaban J connectivity index is 2.30. The van der Waals surface area contributed by atoms with Crippen molar-refractivity contribution in [1.29, 1.82) is 0 Å². The standard InChI is InChI=1S/C17H28N2O/c1-3-14(2)13-16(19-18)17(9-11-20-12-10-17)15-7-5-4-6-8-15/h4-8,14,16,19H,3,9-13,18H2,1-2H3. The highest BCUT2D eigenvalue weighted by molar-refractivity contribution is 5.28. The van der Waals surface area contributed by atoms with Crippen LogP contribution in [-0.4, -0.2) is 19.3 Å². The van der Waals surface area contributed by atoms with Crippen LogP contribution in [0, 0.1) is 5.92 Å². The smallest absolute Gasteiger partial charge is 0.0475 e. The van der Waals surface area contributed by atoms with E-state index in [2.05, 4.69) is 49.6 Å². The average Bonchev–Trinajstić information content (AvgIpc) is 2.53. The summed E-state index contributed by atoms with van der Waals surface area (Å²) >= 11 is 0. The third-order valence-corrected chi connectivity index (χ3v) is 4.94. The Kier molecular flexibility index (Phi) is 5.58. The molecule has 1 aliphatic heterocycles. The maximum Gasteiger partial charge on any atom is 0.0475 e. The lowest BCUT2D eigenvalue weighted by atomic mass is 9.67. The van der Waals surface area contributed by atoms with Crippen LogP contribution in [0.4, 0.5) is 0 Å². The molecule has 1 heterocycles. The summed E-state index contributed by atoms with van der Waals surface area (Å²) in [6, 6.07) is 11.1. The lowest BCUT2D eigenvalue weighted by Crippen LogP contribution is -2.54. The zero-order valence-corrected chi connectivity index (χ0v) is 12.8. The van der Waals surface area contributed by atoms with E-state index in [4.69, 9.17) is 10.6 Å². The van der Waals surface area contributed by atoms with Gasteiger partial charge in [0, 0.05) is 24.7 Å². The van der Waals surface area contributed by atoms with Gasteiger partial charge in [-0.2, -0.15) is 0 Å². The molecule has 1 saturated heterocycles. The van der Waals surface area contributed by atoms with Gasteiger partial charge in [0.1, 0.15) is 0 Å². The number of hydrogen-bond donors (Lipinski definition) is 2. The summed E-state index contributed by atoms with van der Waals surface area (Å²) in [7, 11) is 0. The molecule has 1 aromatic carbocycles. The average molecular weight is 276 g/mol. The molecule has 2 atom stereocenters. The van der Waals surface area contributed by atoms with E-state index in [0.29, 0.717) is 12.0 Å². The Hall–Kier alpha value is -0.900. The fourth-order valence-corrected chi connectivity index (χ4v) is 3.37. The lowest BCUT2D eigenvalue weighted by molar-refractivity contribution is 0.0304. The lowest BCUT2D eigenvalue weighted by Gasteiger charge is -2.44. The number of hydrazine groups is 1. The van der Waals surface area contributed by atoms with E-state index in [9.17, 15) is 0 Å². The molecule has 1 aromatic rings. The first-order chi connectivity index (χ1) is 9.73. The summed E-state index contributed by atoms with van der Waals surface area (Å²) in [5.41, 5.74) is 4.63. The molecule has 20 heavy (non-hydrogen) atoms. The molecule has 0 aromatic heterocycles. The number of nitrogens with two attached hydrogens (primary N) is 1. The van der Waals surface area contributed by atoms with Crippen molar-refractivity contribution in [2.75, 3.05) is 13.2 Å². The topological polar surface area (TPSA) is 47.3 Å². The maximum atomic E-state index is 5.94.